The normalized spacial score (nSPS) is 16.8. The quantitative estimate of drug-likeness (QED) is 0.617. The first-order chi connectivity index (χ1) is 5.54. The summed E-state index contributed by atoms with van der Waals surface area (Å²) in [6.45, 7) is 1.20. The van der Waals surface area contributed by atoms with Crippen molar-refractivity contribution in [2.75, 3.05) is 7.05 Å². The number of carbonyl (C=O) groups is 1. The number of aliphatic carboxylic acids is 1. The molecule has 0 aliphatic heterocycles. The molecule has 2 unspecified atom stereocenters. The SMILES string of the molecule is CN=C(C(C)F)C(C=N)C(=O)O. The van der Waals surface area contributed by atoms with Crippen LogP contribution in [0.2, 0.25) is 0 Å². The molecule has 0 radical (unpaired) electrons. The van der Waals surface area contributed by atoms with Crippen LogP contribution in [-0.2, 0) is 4.79 Å². The van der Waals surface area contributed by atoms with Gasteiger partial charge in [0.15, 0.2) is 0 Å². The van der Waals surface area contributed by atoms with Crippen molar-refractivity contribution in [2.24, 2.45) is 10.9 Å². The Labute approximate surface area is 69.6 Å². The molecule has 0 heterocycles. The van der Waals surface area contributed by atoms with E-state index in [0.717, 1.165) is 0 Å². The summed E-state index contributed by atoms with van der Waals surface area (Å²) in [7, 11) is 1.31. The Kier molecular flexibility index (Phi) is 4.10. The molecule has 0 saturated carbocycles. The largest absolute Gasteiger partial charge is 0.480 e. The molecule has 0 amide bonds. The Morgan fingerprint density at radius 3 is 2.33 bits per heavy atom. The third kappa shape index (κ3) is 2.41. The van der Waals surface area contributed by atoms with Gasteiger partial charge in [-0.15, -0.1) is 0 Å². The van der Waals surface area contributed by atoms with Gasteiger partial charge in [0.1, 0.15) is 12.1 Å². The molecule has 0 fully saturated rings. The number of rotatable bonds is 4. The maximum absolute atomic E-state index is 12.7. The van der Waals surface area contributed by atoms with Crippen molar-refractivity contribution in [3.63, 3.8) is 0 Å². The smallest absolute Gasteiger partial charge is 0.317 e. The van der Waals surface area contributed by atoms with Gasteiger partial charge in [-0.1, -0.05) is 0 Å². The third-order valence-electron chi connectivity index (χ3n) is 1.42. The molecule has 0 bridgehead atoms. The van der Waals surface area contributed by atoms with Crippen LogP contribution in [0.25, 0.3) is 0 Å². The Balaban J connectivity index is 4.69. The number of alkyl halides is 1. The molecule has 0 aromatic carbocycles. The van der Waals surface area contributed by atoms with Crippen LogP contribution in [0.4, 0.5) is 4.39 Å². The maximum Gasteiger partial charge on any atom is 0.317 e. The fraction of sp³-hybridized carbons (Fsp3) is 0.571. The summed E-state index contributed by atoms with van der Waals surface area (Å²) in [5.41, 5.74) is -0.127. The zero-order valence-electron chi connectivity index (χ0n) is 6.91. The minimum atomic E-state index is -1.43. The molecule has 5 heteroatoms. The fourth-order valence-electron chi connectivity index (χ4n) is 0.848. The number of nitrogens with one attached hydrogen (secondary N) is 1. The lowest BCUT2D eigenvalue weighted by Gasteiger charge is -2.10. The Hall–Kier alpha value is -1.26. The second-order valence-electron chi connectivity index (χ2n) is 2.25. The van der Waals surface area contributed by atoms with Crippen molar-refractivity contribution >= 4 is 17.9 Å². The zero-order chi connectivity index (χ0) is 9.72. The van der Waals surface area contributed by atoms with Crippen LogP contribution < -0.4 is 0 Å². The summed E-state index contributed by atoms with van der Waals surface area (Å²) in [6.07, 6.45) is -0.765. The van der Waals surface area contributed by atoms with Crippen molar-refractivity contribution in [2.45, 2.75) is 13.1 Å². The van der Waals surface area contributed by atoms with Gasteiger partial charge in [0.25, 0.3) is 0 Å². The average molecular weight is 174 g/mol. The van der Waals surface area contributed by atoms with Crippen LogP contribution in [0.3, 0.4) is 0 Å². The van der Waals surface area contributed by atoms with Crippen molar-refractivity contribution in [1.82, 2.24) is 0 Å². The average Bonchev–Trinajstić information content (AvgIpc) is 1.98. The number of nitrogens with zero attached hydrogens (tertiary/aromatic N) is 1. The highest BCUT2D eigenvalue weighted by Gasteiger charge is 2.25. The van der Waals surface area contributed by atoms with E-state index in [1.807, 2.05) is 0 Å². The van der Waals surface area contributed by atoms with E-state index in [1.54, 1.807) is 0 Å². The lowest BCUT2D eigenvalue weighted by molar-refractivity contribution is -0.137. The second kappa shape index (κ2) is 4.58. The van der Waals surface area contributed by atoms with Crippen molar-refractivity contribution in [3.05, 3.63) is 0 Å². The third-order valence-corrected chi connectivity index (χ3v) is 1.42. The van der Waals surface area contributed by atoms with Crippen molar-refractivity contribution in [3.8, 4) is 0 Å². The van der Waals surface area contributed by atoms with Crippen LogP contribution in [-0.4, -0.2) is 36.2 Å². The van der Waals surface area contributed by atoms with Crippen LogP contribution >= 0.6 is 0 Å². The molecule has 4 nitrogen and oxygen atoms in total. The molecular formula is C7H11FN2O2. The summed E-state index contributed by atoms with van der Waals surface area (Å²) in [5, 5.41) is 15.3. The molecule has 12 heavy (non-hydrogen) atoms. The van der Waals surface area contributed by atoms with Crippen molar-refractivity contribution in [1.29, 1.82) is 5.41 Å². The summed E-state index contributed by atoms with van der Waals surface area (Å²) in [4.78, 5) is 13.9. The van der Waals surface area contributed by atoms with Gasteiger partial charge >= 0.3 is 5.97 Å². The van der Waals surface area contributed by atoms with Gasteiger partial charge in [0.05, 0.1) is 5.71 Å². The maximum atomic E-state index is 12.7. The van der Waals surface area contributed by atoms with E-state index in [-0.39, 0.29) is 5.71 Å². The molecule has 2 atom stereocenters. The van der Waals surface area contributed by atoms with Crippen molar-refractivity contribution < 1.29 is 14.3 Å². The molecule has 0 rings (SSSR count). The van der Waals surface area contributed by atoms with E-state index in [9.17, 15) is 9.18 Å². The number of aliphatic imine (C=N–C) groups is 1. The van der Waals surface area contributed by atoms with Crippen LogP contribution in [0.15, 0.2) is 4.99 Å². The van der Waals surface area contributed by atoms with Crippen LogP contribution in [0, 0.1) is 11.3 Å². The highest BCUT2D eigenvalue weighted by atomic mass is 19.1. The van der Waals surface area contributed by atoms with Gasteiger partial charge in [-0.3, -0.25) is 9.79 Å². The molecule has 0 aliphatic carbocycles. The molecule has 0 aliphatic rings. The van der Waals surface area contributed by atoms with E-state index in [1.165, 1.54) is 14.0 Å². The lowest BCUT2D eigenvalue weighted by atomic mass is 10.0. The Morgan fingerprint density at radius 2 is 2.25 bits per heavy atom. The second-order valence-corrected chi connectivity index (χ2v) is 2.25. The molecule has 0 aromatic heterocycles. The first kappa shape index (κ1) is 10.7. The molecule has 0 aromatic rings. The van der Waals surface area contributed by atoms with E-state index in [0.29, 0.717) is 6.21 Å². The number of carboxylic acids is 1. The fourth-order valence-corrected chi connectivity index (χ4v) is 0.848. The monoisotopic (exact) mass is 174 g/mol. The number of carboxylic acid groups (broad SMARTS) is 1. The molecule has 68 valence electrons. The minimum Gasteiger partial charge on any atom is -0.480 e. The number of hydrogen-bond donors (Lipinski definition) is 2. The highest BCUT2D eigenvalue weighted by molar-refractivity contribution is 6.14. The Morgan fingerprint density at radius 1 is 1.75 bits per heavy atom. The minimum absolute atomic E-state index is 0.127. The lowest BCUT2D eigenvalue weighted by Crippen LogP contribution is -2.30. The molecular weight excluding hydrogens is 163 g/mol. The van der Waals surface area contributed by atoms with Crippen LogP contribution in [0.5, 0.6) is 0 Å². The van der Waals surface area contributed by atoms with Gasteiger partial charge in [-0.25, -0.2) is 4.39 Å². The molecule has 2 N–H and O–H groups in total. The standard InChI is InChI=1S/C7H11FN2O2/c1-4(8)6(10-2)5(3-9)7(11)12/h3-5,9H,1-2H3,(H,11,12). The summed E-state index contributed by atoms with van der Waals surface area (Å²) in [6, 6.07) is 0. The van der Waals surface area contributed by atoms with Gasteiger partial charge in [0.2, 0.25) is 0 Å². The molecule has 0 spiro atoms. The summed E-state index contributed by atoms with van der Waals surface area (Å²) >= 11 is 0. The van der Waals surface area contributed by atoms with Gasteiger partial charge in [-0.05, 0) is 6.92 Å². The van der Waals surface area contributed by atoms with E-state index >= 15 is 0 Å². The van der Waals surface area contributed by atoms with E-state index in [2.05, 4.69) is 4.99 Å². The first-order valence-corrected chi connectivity index (χ1v) is 3.38. The first-order valence-electron chi connectivity index (χ1n) is 3.38. The predicted octanol–water partition coefficient (Wildman–Crippen LogP) is 0.766. The van der Waals surface area contributed by atoms with Gasteiger partial charge in [0, 0.05) is 13.3 Å². The van der Waals surface area contributed by atoms with E-state index < -0.39 is 18.1 Å². The van der Waals surface area contributed by atoms with Gasteiger partial charge in [-0.2, -0.15) is 0 Å². The molecule has 0 saturated heterocycles. The number of hydrogen-bond acceptors (Lipinski definition) is 3. The number of halogens is 1. The highest BCUT2D eigenvalue weighted by Crippen LogP contribution is 2.04. The topological polar surface area (TPSA) is 73.5 Å². The summed E-state index contributed by atoms with van der Waals surface area (Å²) in [5.74, 6) is -2.50. The van der Waals surface area contributed by atoms with Gasteiger partial charge < -0.3 is 10.5 Å². The van der Waals surface area contributed by atoms with Crippen LogP contribution in [0.1, 0.15) is 6.92 Å². The van der Waals surface area contributed by atoms with E-state index in [4.69, 9.17) is 10.5 Å². The Bertz CT molecular complexity index is 213. The summed E-state index contributed by atoms with van der Waals surface area (Å²) < 4.78 is 12.7. The zero-order valence-corrected chi connectivity index (χ0v) is 6.91. The predicted molar refractivity (Wildman–Crippen MR) is 43.8 cm³/mol.